The molecule has 0 unspecified atom stereocenters. The molecule has 9 heteroatoms. The highest BCUT2D eigenvalue weighted by molar-refractivity contribution is 5.44. The lowest BCUT2D eigenvalue weighted by atomic mass is 10.1. The second-order valence-corrected chi connectivity index (χ2v) is 4.99. The maximum atomic E-state index is 12.8. The molecule has 114 valence electrons. The zero-order valence-corrected chi connectivity index (χ0v) is 11.3. The number of nitrogens with one attached hydrogen (secondary N) is 1. The summed E-state index contributed by atoms with van der Waals surface area (Å²) in [6, 6.07) is 2.98. The van der Waals surface area contributed by atoms with Crippen molar-refractivity contribution >= 4 is 11.5 Å². The van der Waals surface area contributed by atoms with E-state index in [1.165, 1.54) is 6.07 Å². The highest BCUT2D eigenvalue weighted by Crippen LogP contribution is 2.27. The van der Waals surface area contributed by atoms with Gasteiger partial charge in [-0.15, -0.1) is 15.3 Å². The van der Waals surface area contributed by atoms with Crippen molar-refractivity contribution in [2.75, 3.05) is 11.9 Å². The number of hydrogen-bond donors (Lipinski definition) is 1. The molecule has 0 saturated carbocycles. The van der Waals surface area contributed by atoms with Gasteiger partial charge in [-0.2, -0.15) is 17.7 Å². The van der Waals surface area contributed by atoms with E-state index < -0.39 is 12.0 Å². The normalized spacial score (nSPS) is 20.9. The second kappa shape index (κ2) is 5.14. The first-order chi connectivity index (χ1) is 9.95. The van der Waals surface area contributed by atoms with Crippen LogP contribution in [0.3, 0.4) is 0 Å². The first-order valence-electron chi connectivity index (χ1n) is 6.63. The molecule has 1 fully saturated rings. The Bertz CT molecular complexity index is 635. The van der Waals surface area contributed by atoms with Gasteiger partial charge in [-0.3, -0.25) is 0 Å². The summed E-state index contributed by atoms with van der Waals surface area (Å²) in [6.07, 6.45) is -2.62. The molecular weight excluding hydrogens is 287 g/mol. The fourth-order valence-corrected chi connectivity index (χ4v) is 2.37. The average Bonchev–Trinajstić information content (AvgIpc) is 3.06. The predicted octanol–water partition coefficient (Wildman–Crippen LogP) is 2.12. The van der Waals surface area contributed by atoms with Crippen LogP contribution in [-0.2, 0) is 10.9 Å². The van der Waals surface area contributed by atoms with Crippen LogP contribution >= 0.6 is 0 Å². The number of fused-ring (bicyclic) bond motifs is 1. The minimum Gasteiger partial charge on any atom is -0.376 e. The summed E-state index contributed by atoms with van der Waals surface area (Å²) in [7, 11) is 0. The minimum atomic E-state index is -4.59. The molecule has 2 aromatic heterocycles. The van der Waals surface area contributed by atoms with E-state index in [9.17, 15) is 13.2 Å². The van der Waals surface area contributed by atoms with Crippen LogP contribution in [-0.4, -0.2) is 38.6 Å². The van der Waals surface area contributed by atoms with Crippen molar-refractivity contribution in [2.45, 2.75) is 38.1 Å². The molecule has 0 aromatic carbocycles. The molecule has 2 aromatic rings. The largest absolute Gasteiger partial charge is 0.453 e. The molecular formula is C12H14F3N5O. The fraction of sp³-hybridized carbons (Fsp3) is 0.583. The summed E-state index contributed by atoms with van der Waals surface area (Å²) in [6.45, 7) is 2.63. The number of ether oxygens (including phenoxy) is 1. The molecule has 3 rings (SSSR count). The third kappa shape index (κ3) is 2.78. The molecule has 0 aliphatic carbocycles. The highest BCUT2D eigenvalue weighted by Gasteiger charge is 2.37. The van der Waals surface area contributed by atoms with Gasteiger partial charge in [0.15, 0.2) is 5.65 Å². The van der Waals surface area contributed by atoms with Gasteiger partial charge in [-0.05, 0) is 31.9 Å². The Balaban J connectivity index is 1.86. The van der Waals surface area contributed by atoms with E-state index in [-0.39, 0.29) is 17.8 Å². The summed E-state index contributed by atoms with van der Waals surface area (Å²) in [5.41, 5.74) is 0.0534. The van der Waals surface area contributed by atoms with E-state index in [1.54, 1.807) is 6.07 Å². The quantitative estimate of drug-likeness (QED) is 0.941. The predicted molar refractivity (Wildman–Crippen MR) is 67.8 cm³/mol. The Morgan fingerprint density at radius 3 is 2.86 bits per heavy atom. The second-order valence-electron chi connectivity index (χ2n) is 4.99. The number of rotatable bonds is 3. The number of aromatic nitrogens is 4. The van der Waals surface area contributed by atoms with Gasteiger partial charge in [-0.25, -0.2) is 0 Å². The van der Waals surface area contributed by atoms with Gasteiger partial charge in [0.05, 0.1) is 12.1 Å². The van der Waals surface area contributed by atoms with Crippen molar-refractivity contribution < 1.29 is 17.9 Å². The molecule has 1 aliphatic heterocycles. The van der Waals surface area contributed by atoms with Gasteiger partial charge in [-0.1, -0.05) is 0 Å². The number of hydrogen-bond acceptors (Lipinski definition) is 5. The van der Waals surface area contributed by atoms with Gasteiger partial charge in [0, 0.05) is 6.61 Å². The number of anilines is 1. The molecule has 0 spiro atoms. The van der Waals surface area contributed by atoms with Crippen molar-refractivity contribution in [1.29, 1.82) is 0 Å². The highest BCUT2D eigenvalue weighted by atomic mass is 19.4. The molecule has 0 radical (unpaired) electrons. The van der Waals surface area contributed by atoms with Crippen LogP contribution < -0.4 is 5.32 Å². The van der Waals surface area contributed by atoms with Crippen LogP contribution in [0.4, 0.5) is 19.0 Å². The summed E-state index contributed by atoms with van der Waals surface area (Å²) in [5, 5.41) is 13.6. The summed E-state index contributed by atoms with van der Waals surface area (Å²) < 4.78 is 44.6. The SMILES string of the molecule is C[C@@H](Nc1ccc2nnc(C(F)(F)F)n2n1)[C@@H]1CCCO1. The number of nitrogens with zero attached hydrogens (tertiary/aromatic N) is 4. The molecule has 2 atom stereocenters. The van der Waals surface area contributed by atoms with Crippen LogP contribution in [0.2, 0.25) is 0 Å². The summed E-state index contributed by atoms with van der Waals surface area (Å²) >= 11 is 0. The first kappa shape index (κ1) is 14.1. The van der Waals surface area contributed by atoms with Crippen molar-refractivity contribution in [1.82, 2.24) is 19.8 Å². The minimum absolute atomic E-state index is 0.0386. The topological polar surface area (TPSA) is 64.3 Å². The van der Waals surface area contributed by atoms with Crippen molar-refractivity contribution in [3.63, 3.8) is 0 Å². The van der Waals surface area contributed by atoms with Crippen molar-refractivity contribution in [3.05, 3.63) is 18.0 Å². The Labute approximate surface area is 118 Å². The van der Waals surface area contributed by atoms with E-state index >= 15 is 0 Å². The lowest BCUT2D eigenvalue weighted by Crippen LogP contribution is -2.30. The van der Waals surface area contributed by atoms with Crippen LogP contribution in [0.5, 0.6) is 0 Å². The van der Waals surface area contributed by atoms with Crippen LogP contribution in [0, 0.1) is 0 Å². The van der Waals surface area contributed by atoms with E-state index in [0.29, 0.717) is 16.9 Å². The molecule has 0 amide bonds. The maximum Gasteiger partial charge on any atom is 0.453 e. The number of halogens is 3. The van der Waals surface area contributed by atoms with Gasteiger partial charge in [0.2, 0.25) is 0 Å². The lowest BCUT2D eigenvalue weighted by Gasteiger charge is -2.20. The fourth-order valence-electron chi connectivity index (χ4n) is 2.37. The zero-order chi connectivity index (χ0) is 15.0. The molecule has 0 bridgehead atoms. The van der Waals surface area contributed by atoms with E-state index in [2.05, 4.69) is 20.6 Å². The number of alkyl halides is 3. The third-order valence-corrected chi connectivity index (χ3v) is 3.41. The molecule has 6 nitrogen and oxygen atoms in total. The maximum absolute atomic E-state index is 12.8. The summed E-state index contributed by atoms with van der Waals surface area (Å²) in [4.78, 5) is 0. The van der Waals surface area contributed by atoms with E-state index in [1.807, 2.05) is 6.92 Å². The smallest absolute Gasteiger partial charge is 0.376 e. The van der Waals surface area contributed by atoms with Crippen molar-refractivity contribution in [2.24, 2.45) is 0 Å². The molecule has 3 heterocycles. The van der Waals surface area contributed by atoms with Crippen LogP contribution in [0.15, 0.2) is 12.1 Å². The Hall–Kier alpha value is -1.90. The lowest BCUT2D eigenvalue weighted by molar-refractivity contribution is -0.146. The molecule has 1 N–H and O–H groups in total. The van der Waals surface area contributed by atoms with Gasteiger partial charge in [0.1, 0.15) is 5.82 Å². The van der Waals surface area contributed by atoms with E-state index in [4.69, 9.17) is 4.74 Å². The Morgan fingerprint density at radius 1 is 1.38 bits per heavy atom. The molecule has 1 saturated heterocycles. The third-order valence-electron chi connectivity index (χ3n) is 3.41. The standard InChI is InChI=1S/C12H14F3N5O/c1-7(8-3-2-6-21-8)16-9-4-5-10-17-18-11(12(13,14)15)20(10)19-9/h4-5,7-8H,2-3,6H2,1H3,(H,16,19)/t7-,8+/m1/s1. The van der Waals surface area contributed by atoms with E-state index in [0.717, 1.165) is 12.8 Å². The average molecular weight is 301 g/mol. The van der Waals surface area contributed by atoms with Crippen molar-refractivity contribution in [3.8, 4) is 0 Å². The Kier molecular flexibility index (Phi) is 3.44. The molecule has 21 heavy (non-hydrogen) atoms. The van der Waals surface area contributed by atoms with Gasteiger partial charge < -0.3 is 10.1 Å². The van der Waals surface area contributed by atoms with Gasteiger partial charge in [0.25, 0.3) is 5.82 Å². The van der Waals surface area contributed by atoms with Crippen LogP contribution in [0.25, 0.3) is 5.65 Å². The Morgan fingerprint density at radius 2 is 2.19 bits per heavy atom. The van der Waals surface area contributed by atoms with Crippen LogP contribution in [0.1, 0.15) is 25.6 Å². The monoisotopic (exact) mass is 301 g/mol. The first-order valence-corrected chi connectivity index (χ1v) is 6.63. The zero-order valence-electron chi connectivity index (χ0n) is 11.3. The van der Waals surface area contributed by atoms with Gasteiger partial charge >= 0.3 is 6.18 Å². The summed E-state index contributed by atoms with van der Waals surface area (Å²) in [5.74, 6) is -0.804. The molecule has 1 aliphatic rings.